The summed E-state index contributed by atoms with van der Waals surface area (Å²) in [5.41, 5.74) is 2.77. The highest BCUT2D eigenvalue weighted by atomic mass is 19.1. The Morgan fingerprint density at radius 2 is 2.23 bits per heavy atom. The number of halogens is 1. The van der Waals surface area contributed by atoms with Gasteiger partial charge in [-0.3, -0.25) is 4.99 Å². The number of benzene rings is 1. The van der Waals surface area contributed by atoms with E-state index < -0.39 is 0 Å². The maximum Gasteiger partial charge on any atom is 0.145 e. The Balaban J connectivity index is 3.05. The number of aliphatic imine (C=N–C) groups is 1. The van der Waals surface area contributed by atoms with Crippen LogP contribution in [0.3, 0.4) is 0 Å². The molecule has 1 aromatic carbocycles. The Kier molecular flexibility index (Phi) is 3.40. The number of rotatable bonds is 2. The molecule has 0 aromatic heterocycles. The third kappa shape index (κ3) is 2.26. The number of hydrogen-bond donors (Lipinski definition) is 2. The summed E-state index contributed by atoms with van der Waals surface area (Å²) in [6, 6.07) is 6.36. The molecule has 4 heteroatoms. The van der Waals surface area contributed by atoms with E-state index in [4.69, 9.17) is 5.84 Å². The topological polar surface area (TPSA) is 50.4 Å². The Labute approximate surface area is 76.4 Å². The summed E-state index contributed by atoms with van der Waals surface area (Å²) in [4.78, 5) is 4.01. The van der Waals surface area contributed by atoms with Crippen LogP contribution in [-0.4, -0.2) is 12.4 Å². The molecule has 0 bridgehead atoms. The highest BCUT2D eigenvalue weighted by molar-refractivity contribution is 5.98. The predicted molar refractivity (Wildman–Crippen MR) is 50.8 cm³/mol. The lowest BCUT2D eigenvalue weighted by molar-refractivity contribution is 0.624. The SMILES string of the molecule is CCN=C(NN)c1ccccc1F. The molecule has 0 unspecified atom stereocenters. The molecule has 0 saturated carbocycles. The van der Waals surface area contributed by atoms with Crippen molar-refractivity contribution in [2.24, 2.45) is 10.8 Å². The molecule has 70 valence electrons. The van der Waals surface area contributed by atoms with Crippen molar-refractivity contribution in [1.82, 2.24) is 5.43 Å². The molecule has 0 aliphatic carbocycles. The standard InChI is InChI=1S/C9H12FN3/c1-2-12-9(13-11)7-5-3-4-6-8(7)10/h3-6H,2,11H2,1H3,(H,12,13). The third-order valence-corrected chi connectivity index (χ3v) is 1.58. The second-order valence-corrected chi connectivity index (χ2v) is 2.45. The molecule has 0 fully saturated rings. The Hall–Kier alpha value is -1.42. The van der Waals surface area contributed by atoms with E-state index in [2.05, 4.69) is 10.4 Å². The van der Waals surface area contributed by atoms with Gasteiger partial charge in [-0.15, -0.1) is 0 Å². The molecule has 0 amide bonds. The number of nitrogens with zero attached hydrogens (tertiary/aromatic N) is 1. The van der Waals surface area contributed by atoms with E-state index >= 15 is 0 Å². The van der Waals surface area contributed by atoms with Gasteiger partial charge in [0.05, 0.1) is 5.56 Å². The minimum atomic E-state index is -0.326. The van der Waals surface area contributed by atoms with Crippen molar-refractivity contribution >= 4 is 5.84 Å². The lowest BCUT2D eigenvalue weighted by atomic mass is 10.2. The van der Waals surface area contributed by atoms with Crippen molar-refractivity contribution in [2.45, 2.75) is 6.92 Å². The molecule has 0 radical (unpaired) electrons. The van der Waals surface area contributed by atoms with Gasteiger partial charge in [-0.05, 0) is 19.1 Å². The largest absolute Gasteiger partial charge is 0.308 e. The molecular formula is C9H12FN3. The van der Waals surface area contributed by atoms with E-state index in [1.165, 1.54) is 6.07 Å². The second kappa shape index (κ2) is 4.57. The van der Waals surface area contributed by atoms with Crippen molar-refractivity contribution in [3.8, 4) is 0 Å². The molecule has 0 spiro atoms. The molecule has 3 N–H and O–H groups in total. The summed E-state index contributed by atoms with van der Waals surface area (Å²) in [5, 5.41) is 0. The molecule has 0 heterocycles. The first kappa shape index (κ1) is 9.67. The van der Waals surface area contributed by atoms with Gasteiger partial charge < -0.3 is 5.43 Å². The van der Waals surface area contributed by atoms with E-state index in [9.17, 15) is 4.39 Å². The third-order valence-electron chi connectivity index (χ3n) is 1.58. The molecule has 0 atom stereocenters. The average Bonchev–Trinajstić information content (AvgIpc) is 2.16. The maximum atomic E-state index is 13.2. The maximum absolute atomic E-state index is 13.2. The van der Waals surface area contributed by atoms with Gasteiger partial charge in [0.15, 0.2) is 0 Å². The first-order valence-electron chi connectivity index (χ1n) is 4.05. The fourth-order valence-electron chi connectivity index (χ4n) is 1.02. The van der Waals surface area contributed by atoms with Gasteiger partial charge in [0.1, 0.15) is 11.7 Å². The second-order valence-electron chi connectivity index (χ2n) is 2.45. The fraction of sp³-hybridized carbons (Fsp3) is 0.222. The lowest BCUT2D eigenvalue weighted by Gasteiger charge is -2.05. The van der Waals surface area contributed by atoms with Crippen LogP contribution in [-0.2, 0) is 0 Å². The summed E-state index contributed by atoms with van der Waals surface area (Å²) in [6.45, 7) is 2.42. The first-order valence-corrected chi connectivity index (χ1v) is 4.05. The highest BCUT2D eigenvalue weighted by Crippen LogP contribution is 2.06. The fourth-order valence-corrected chi connectivity index (χ4v) is 1.02. The van der Waals surface area contributed by atoms with Crippen molar-refractivity contribution in [3.63, 3.8) is 0 Å². The molecule has 3 nitrogen and oxygen atoms in total. The number of hydrazine groups is 1. The van der Waals surface area contributed by atoms with Gasteiger partial charge in [0, 0.05) is 6.54 Å². The van der Waals surface area contributed by atoms with Crippen LogP contribution < -0.4 is 11.3 Å². The van der Waals surface area contributed by atoms with Crippen molar-refractivity contribution < 1.29 is 4.39 Å². The van der Waals surface area contributed by atoms with Gasteiger partial charge in [0.2, 0.25) is 0 Å². The number of nitrogens with two attached hydrogens (primary N) is 1. The average molecular weight is 181 g/mol. The zero-order chi connectivity index (χ0) is 9.68. The van der Waals surface area contributed by atoms with Gasteiger partial charge >= 0.3 is 0 Å². The van der Waals surface area contributed by atoms with Crippen LogP contribution in [0, 0.1) is 5.82 Å². The quantitative estimate of drug-likeness (QED) is 0.310. The Morgan fingerprint density at radius 1 is 1.54 bits per heavy atom. The zero-order valence-electron chi connectivity index (χ0n) is 7.42. The first-order chi connectivity index (χ1) is 6.29. The molecule has 1 rings (SSSR count). The molecule has 0 aliphatic rings. The minimum absolute atomic E-state index is 0.326. The smallest absolute Gasteiger partial charge is 0.145 e. The van der Waals surface area contributed by atoms with E-state index in [-0.39, 0.29) is 5.82 Å². The van der Waals surface area contributed by atoms with Gasteiger partial charge in [-0.2, -0.15) is 0 Å². The van der Waals surface area contributed by atoms with E-state index in [0.29, 0.717) is 17.9 Å². The predicted octanol–water partition coefficient (Wildman–Crippen LogP) is 1.06. The van der Waals surface area contributed by atoms with E-state index in [1.807, 2.05) is 6.92 Å². The van der Waals surface area contributed by atoms with Gasteiger partial charge in [-0.25, -0.2) is 10.2 Å². The molecular weight excluding hydrogens is 169 g/mol. The summed E-state index contributed by atoms with van der Waals surface area (Å²) < 4.78 is 13.2. The van der Waals surface area contributed by atoms with Crippen molar-refractivity contribution in [1.29, 1.82) is 0 Å². The number of hydrogen-bond acceptors (Lipinski definition) is 2. The number of amidine groups is 1. The Bertz CT molecular complexity index is 309. The molecule has 13 heavy (non-hydrogen) atoms. The zero-order valence-corrected chi connectivity index (χ0v) is 7.42. The van der Waals surface area contributed by atoms with Gasteiger partial charge in [0.25, 0.3) is 0 Å². The van der Waals surface area contributed by atoms with Crippen molar-refractivity contribution in [3.05, 3.63) is 35.6 Å². The number of nitrogens with one attached hydrogen (secondary N) is 1. The summed E-state index contributed by atoms with van der Waals surface area (Å²) in [7, 11) is 0. The summed E-state index contributed by atoms with van der Waals surface area (Å²) in [6.07, 6.45) is 0. The summed E-state index contributed by atoms with van der Waals surface area (Å²) >= 11 is 0. The Morgan fingerprint density at radius 3 is 2.77 bits per heavy atom. The van der Waals surface area contributed by atoms with E-state index in [0.717, 1.165) is 0 Å². The molecule has 1 aromatic rings. The highest BCUT2D eigenvalue weighted by Gasteiger charge is 2.05. The van der Waals surface area contributed by atoms with Crippen LogP contribution in [0.1, 0.15) is 12.5 Å². The van der Waals surface area contributed by atoms with Crippen LogP contribution >= 0.6 is 0 Å². The van der Waals surface area contributed by atoms with Crippen LogP contribution in [0.15, 0.2) is 29.3 Å². The van der Waals surface area contributed by atoms with Crippen LogP contribution in [0.4, 0.5) is 4.39 Å². The van der Waals surface area contributed by atoms with Crippen LogP contribution in [0.2, 0.25) is 0 Å². The van der Waals surface area contributed by atoms with E-state index in [1.54, 1.807) is 18.2 Å². The van der Waals surface area contributed by atoms with Crippen LogP contribution in [0.25, 0.3) is 0 Å². The lowest BCUT2D eigenvalue weighted by Crippen LogP contribution is -2.32. The molecule has 0 saturated heterocycles. The summed E-state index contributed by atoms with van der Waals surface area (Å²) in [5.74, 6) is 5.26. The van der Waals surface area contributed by atoms with Gasteiger partial charge in [-0.1, -0.05) is 12.1 Å². The minimum Gasteiger partial charge on any atom is -0.308 e. The van der Waals surface area contributed by atoms with Crippen molar-refractivity contribution in [2.75, 3.05) is 6.54 Å². The monoisotopic (exact) mass is 181 g/mol. The van der Waals surface area contributed by atoms with Crippen LogP contribution in [0.5, 0.6) is 0 Å². The molecule has 0 aliphatic heterocycles. The normalized spacial score (nSPS) is 11.5.